The Balaban J connectivity index is 2.11. The van der Waals surface area contributed by atoms with Gasteiger partial charge in [0.25, 0.3) is 0 Å². The van der Waals surface area contributed by atoms with E-state index >= 15 is 0 Å². The maximum atomic E-state index is 3.57. The lowest BCUT2D eigenvalue weighted by Gasteiger charge is -2.37. The fraction of sp³-hybridized carbons (Fsp3) is 0.600. The van der Waals surface area contributed by atoms with E-state index in [4.69, 9.17) is 0 Å². The Kier molecular flexibility index (Phi) is 3.72. The van der Waals surface area contributed by atoms with Crippen molar-refractivity contribution in [3.8, 4) is 0 Å². The summed E-state index contributed by atoms with van der Waals surface area (Å²) in [5.41, 5.74) is 2.78. The van der Waals surface area contributed by atoms with Crippen molar-refractivity contribution in [2.24, 2.45) is 0 Å². The molecular weight excluding hydrogens is 208 g/mol. The fourth-order valence-corrected chi connectivity index (χ4v) is 2.61. The Morgan fingerprint density at radius 3 is 2.06 bits per heavy atom. The van der Waals surface area contributed by atoms with Gasteiger partial charge in [0.05, 0.1) is 0 Å². The van der Waals surface area contributed by atoms with Gasteiger partial charge in [0, 0.05) is 30.9 Å². The van der Waals surface area contributed by atoms with Crippen LogP contribution in [0.2, 0.25) is 0 Å². The lowest BCUT2D eigenvalue weighted by Crippen LogP contribution is -2.54. The van der Waals surface area contributed by atoms with Crippen molar-refractivity contribution in [3.05, 3.63) is 29.8 Å². The molecule has 1 heterocycles. The van der Waals surface area contributed by atoms with Crippen LogP contribution in [0, 0.1) is 0 Å². The molecule has 1 N–H and O–H groups in total. The molecule has 94 valence electrons. The van der Waals surface area contributed by atoms with E-state index in [0.29, 0.717) is 18.0 Å². The largest absolute Gasteiger partial charge is 0.368 e. The third-order valence-electron chi connectivity index (χ3n) is 3.48. The van der Waals surface area contributed by atoms with Gasteiger partial charge < -0.3 is 10.2 Å². The van der Waals surface area contributed by atoms with Crippen LogP contribution in [0.25, 0.3) is 0 Å². The molecule has 2 rings (SSSR count). The van der Waals surface area contributed by atoms with E-state index in [-0.39, 0.29) is 0 Å². The molecule has 0 saturated carbocycles. The Labute approximate surface area is 105 Å². The summed E-state index contributed by atoms with van der Waals surface area (Å²) < 4.78 is 0. The zero-order valence-electron chi connectivity index (χ0n) is 11.4. The first-order valence-corrected chi connectivity index (χ1v) is 6.67. The minimum Gasteiger partial charge on any atom is -0.368 e. The van der Waals surface area contributed by atoms with Gasteiger partial charge in [-0.25, -0.2) is 0 Å². The molecule has 2 nitrogen and oxygen atoms in total. The second-order valence-corrected chi connectivity index (χ2v) is 5.62. The summed E-state index contributed by atoms with van der Waals surface area (Å²) in [6.45, 7) is 11.2. The van der Waals surface area contributed by atoms with Crippen molar-refractivity contribution in [3.63, 3.8) is 0 Å². The standard InChI is InChI=1S/C15H24N2/c1-11(2)14-5-7-15(8-6-14)17-9-12(3)16-13(4)10-17/h5-8,11-13,16H,9-10H2,1-4H3. The summed E-state index contributed by atoms with van der Waals surface area (Å²) in [5.74, 6) is 0.616. The molecule has 1 aliphatic heterocycles. The second kappa shape index (κ2) is 5.09. The summed E-state index contributed by atoms with van der Waals surface area (Å²) in [5, 5.41) is 3.57. The fourth-order valence-electron chi connectivity index (χ4n) is 2.61. The maximum Gasteiger partial charge on any atom is 0.0367 e. The lowest BCUT2D eigenvalue weighted by atomic mass is 10.0. The van der Waals surface area contributed by atoms with Crippen LogP contribution in [0.1, 0.15) is 39.2 Å². The molecule has 0 bridgehead atoms. The van der Waals surface area contributed by atoms with Crippen LogP contribution in [0.15, 0.2) is 24.3 Å². The molecule has 1 fully saturated rings. The topological polar surface area (TPSA) is 15.3 Å². The highest BCUT2D eigenvalue weighted by atomic mass is 15.2. The number of anilines is 1. The van der Waals surface area contributed by atoms with Gasteiger partial charge >= 0.3 is 0 Å². The lowest BCUT2D eigenvalue weighted by molar-refractivity contribution is 0.407. The Morgan fingerprint density at radius 2 is 1.59 bits per heavy atom. The van der Waals surface area contributed by atoms with Crippen molar-refractivity contribution in [1.29, 1.82) is 0 Å². The van der Waals surface area contributed by atoms with Crippen LogP contribution >= 0.6 is 0 Å². The average Bonchev–Trinajstić information content (AvgIpc) is 2.28. The highest BCUT2D eigenvalue weighted by molar-refractivity contribution is 5.48. The summed E-state index contributed by atoms with van der Waals surface area (Å²) >= 11 is 0. The maximum absolute atomic E-state index is 3.57. The minimum atomic E-state index is 0.573. The SMILES string of the molecule is CC1CN(c2ccc(C(C)C)cc2)CC(C)N1. The van der Waals surface area contributed by atoms with Gasteiger partial charge in [0.1, 0.15) is 0 Å². The van der Waals surface area contributed by atoms with Gasteiger partial charge in [-0.05, 0) is 37.5 Å². The van der Waals surface area contributed by atoms with Crippen LogP contribution in [0.5, 0.6) is 0 Å². The molecule has 2 atom stereocenters. The molecule has 1 aliphatic rings. The number of benzene rings is 1. The molecule has 17 heavy (non-hydrogen) atoms. The molecule has 1 saturated heterocycles. The van der Waals surface area contributed by atoms with E-state index in [0.717, 1.165) is 13.1 Å². The third kappa shape index (κ3) is 3.01. The predicted octanol–water partition coefficient (Wildman–Crippen LogP) is 3.00. The van der Waals surface area contributed by atoms with Gasteiger partial charge in [-0.2, -0.15) is 0 Å². The van der Waals surface area contributed by atoms with Crippen LogP contribution in [-0.2, 0) is 0 Å². The molecule has 2 unspecified atom stereocenters. The predicted molar refractivity (Wildman–Crippen MR) is 74.8 cm³/mol. The summed E-state index contributed by atoms with van der Waals surface area (Å²) in [7, 11) is 0. The third-order valence-corrected chi connectivity index (χ3v) is 3.48. The van der Waals surface area contributed by atoms with Crippen LogP contribution in [0.4, 0.5) is 5.69 Å². The van der Waals surface area contributed by atoms with E-state index < -0.39 is 0 Å². The number of nitrogens with zero attached hydrogens (tertiary/aromatic N) is 1. The minimum absolute atomic E-state index is 0.573. The zero-order chi connectivity index (χ0) is 12.4. The summed E-state index contributed by atoms with van der Waals surface area (Å²) in [4.78, 5) is 2.48. The second-order valence-electron chi connectivity index (χ2n) is 5.62. The van der Waals surface area contributed by atoms with Crippen LogP contribution in [-0.4, -0.2) is 25.2 Å². The molecule has 1 aromatic carbocycles. The molecule has 1 aromatic rings. The first-order valence-electron chi connectivity index (χ1n) is 6.67. The highest BCUT2D eigenvalue weighted by Gasteiger charge is 2.20. The van der Waals surface area contributed by atoms with Gasteiger partial charge in [0.15, 0.2) is 0 Å². The summed E-state index contributed by atoms with van der Waals surface area (Å²) in [6.07, 6.45) is 0. The Hall–Kier alpha value is -1.02. The van der Waals surface area contributed by atoms with Crippen molar-refractivity contribution < 1.29 is 0 Å². The first kappa shape index (κ1) is 12.4. The zero-order valence-corrected chi connectivity index (χ0v) is 11.4. The van der Waals surface area contributed by atoms with E-state index in [1.54, 1.807) is 0 Å². The first-order chi connectivity index (χ1) is 8.06. The number of hydrogen-bond donors (Lipinski definition) is 1. The van der Waals surface area contributed by atoms with Gasteiger partial charge in [-0.3, -0.25) is 0 Å². The van der Waals surface area contributed by atoms with Crippen molar-refractivity contribution >= 4 is 5.69 Å². The molecular formula is C15H24N2. The van der Waals surface area contributed by atoms with E-state index in [9.17, 15) is 0 Å². The number of rotatable bonds is 2. The quantitative estimate of drug-likeness (QED) is 0.843. The van der Waals surface area contributed by atoms with Crippen molar-refractivity contribution in [2.45, 2.75) is 45.7 Å². The van der Waals surface area contributed by atoms with E-state index in [2.05, 4.69) is 62.2 Å². The van der Waals surface area contributed by atoms with E-state index in [1.165, 1.54) is 11.3 Å². The number of piperazine rings is 1. The molecule has 0 aliphatic carbocycles. The monoisotopic (exact) mass is 232 g/mol. The van der Waals surface area contributed by atoms with Crippen LogP contribution in [0.3, 0.4) is 0 Å². The van der Waals surface area contributed by atoms with Gasteiger partial charge in [-0.1, -0.05) is 26.0 Å². The summed E-state index contributed by atoms with van der Waals surface area (Å²) in [6, 6.07) is 10.2. The molecule has 0 spiro atoms. The van der Waals surface area contributed by atoms with Gasteiger partial charge in [-0.15, -0.1) is 0 Å². The smallest absolute Gasteiger partial charge is 0.0367 e. The number of hydrogen-bond acceptors (Lipinski definition) is 2. The molecule has 0 aromatic heterocycles. The Morgan fingerprint density at radius 1 is 1.06 bits per heavy atom. The van der Waals surface area contributed by atoms with E-state index in [1.807, 2.05) is 0 Å². The normalized spacial score (nSPS) is 25.4. The highest BCUT2D eigenvalue weighted by Crippen LogP contribution is 2.21. The Bertz CT molecular complexity index is 346. The van der Waals surface area contributed by atoms with Gasteiger partial charge in [0.2, 0.25) is 0 Å². The molecule has 0 amide bonds. The van der Waals surface area contributed by atoms with Crippen LogP contribution < -0.4 is 10.2 Å². The molecule has 2 heteroatoms. The van der Waals surface area contributed by atoms with Crippen molar-refractivity contribution in [2.75, 3.05) is 18.0 Å². The molecule has 0 radical (unpaired) electrons. The average molecular weight is 232 g/mol. The van der Waals surface area contributed by atoms with Crippen molar-refractivity contribution in [1.82, 2.24) is 5.32 Å². The number of nitrogens with one attached hydrogen (secondary N) is 1.